The minimum absolute atomic E-state index is 0.0777. The number of nitrogens with one attached hydrogen (secondary N) is 1. The number of rotatable bonds is 4. The van der Waals surface area contributed by atoms with Gasteiger partial charge < -0.3 is 10.1 Å². The van der Waals surface area contributed by atoms with Gasteiger partial charge in [0.15, 0.2) is 6.61 Å². The van der Waals surface area contributed by atoms with E-state index in [1.165, 1.54) is 5.56 Å². The van der Waals surface area contributed by atoms with E-state index < -0.39 is 0 Å². The van der Waals surface area contributed by atoms with Crippen molar-refractivity contribution in [3.8, 4) is 11.8 Å². The molecular weight excluding hydrogens is 288 g/mol. The van der Waals surface area contributed by atoms with Crippen molar-refractivity contribution in [2.75, 3.05) is 11.9 Å². The van der Waals surface area contributed by atoms with Crippen molar-refractivity contribution in [2.24, 2.45) is 0 Å². The van der Waals surface area contributed by atoms with Gasteiger partial charge in [-0.15, -0.1) is 0 Å². The third kappa shape index (κ3) is 4.86. The molecule has 0 bridgehead atoms. The lowest BCUT2D eigenvalue weighted by Gasteiger charge is -2.19. The molecule has 0 aromatic heterocycles. The maximum absolute atomic E-state index is 11.9. The summed E-state index contributed by atoms with van der Waals surface area (Å²) < 4.78 is 5.49. The van der Waals surface area contributed by atoms with Gasteiger partial charge in [-0.25, -0.2) is 0 Å². The molecule has 0 fully saturated rings. The highest BCUT2D eigenvalue weighted by atomic mass is 16.5. The zero-order chi connectivity index (χ0) is 16.9. The van der Waals surface area contributed by atoms with E-state index in [9.17, 15) is 4.79 Å². The fourth-order valence-electron chi connectivity index (χ4n) is 2.06. The second-order valence-electron chi connectivity index (χ2n) is 6.30. The minimum atomic E-state index is -0.264. The van der Waals surface area contributed by atoms with Crippen molar-refractivity contribution in [2.45, 2.75) is 26.2 Å². The molecule has 23 heavy (non-hydrogen) atoms. The quantitative estimate of drug-likeness (QED) is 0.932. The fourth-order valence-corrected chi connectivity index (χ4v) is 2.06. The van der Waals surface area contributed by atoms with E-state index in [2.05, 4.69) is 26.1 Å². The highest BCUT2D eigenvalue weighted by Crippen LogP contribution is 2.24. The van der Waals surface area contributed by atoms with Gasteiger partial charge >= 0.3 is 0 Å². The van der Waals surface area contributed by atoms with Crippen molar-refractivity contribution in [3.63, 3.8) is 0 Å². The number of carbonyl (C=O) groups excluding carboxylic acids is 1. The van der Waals surface area contributed by atoms with Gasteiger partial charge in [-0.05, 0) is 41.3 Å². The van der Waals surface area contributed by atoms with Crippen LogP contribution < -0.4 is 10.1 Å². The summed E-state index contributed by atoms with van der Waals surface area (Å²) in [5, 5.41) is 11.5. The normalized spacial score (nSPS) is 10.7. The van der Waals surface area contributed by atoms with Gasteiger partial charge in [-0.3, -0.25) is 4.79 Å². The van der Waals surface area contributed by atoms with Crippen LogP contribution >= 0.6 is 0 Å². The number of anilines is 1. The molecule has 1 N–H and O–H groups in total. The van der Waals surface area contributed by atoms with E-state index >= 15 is 0 Å². The number of benzene rings is 2. The summed E-state index contributed by atoms with van der Waals surface area (Å²) in [6.07, 6.45) is 0. The number of hydrogen-bond acceptors (Lipinski definition) is 3. The Bertz CT molecular complexity index is 722. The summed E-state index contributed by atoms with van der Waals surface area (Å²) in [6, 6.07) is 16.5. The molecule has 0 saturated heterocycles. The summed E-state index contributed by atoms with van der Waals surface area (Å²) in [4.78, 5) is 11.9. The Labute approximate surface area is 136 Å². The molecule has 1 amide bonds. The first-order chi connectivity index (χ1) is 10.9. The first-order valence-electron chi connectivity index (χ1n) is 7.42. The third-order valence-corrected chi connectivity index (χ3v) is 3.37. The summed E-state index contributed by atoms with van der Waals surface area (Å²) in [7, 11) is 0. The Morgan fingerprint density at radius 3 is 2.48 bits per heavy atom. The van der Waals surface area contributed by atoms with Gasteiger partial charge in [-0.2, -0.15) is 5.26 Å². The largest absolute Gasteiger partial charge is 0.484 e. The van der Waals surface area contributed by atoms with Crippen LogP contribution in [0.15, 0.2) is 48.5 Å². The van der Waals surface area contributed by atoms with E-state index in [4.69, 9.17) is 10.00 Å². The predicted molar refractivity (Wildman–Crippen MR) is 90.4 cm³/mol. The van der Waals surface area contributed by atoms with Crippen molar-refractivity contribution in [1.82, 2.24) is 0 Å². The monoisotopic (exact) mass is 308 g/mol. The number of carbonyl (C=O) groups is 1. The van der Waals surface area contributed by atoms with Crippen LogP contribution in [0, 0.1) is 11.3 Å². The lowest BCUT2D eigenvalue weighted by molar-refractivity contribution is -0.118. The van der Waals surface area contributed by atoms with E-state index in [1.807, 2.05) is 30.3 Å². The predicted octanol–water partition coefficient (Wildman–Crippen LogP) is 3.87. The number of ether oxygens (including phenoxy) is 1. The smallest absolute Gasteiger partial charge is 0.262 e. The summed E-state index contributed by atoms with van der Waals surface area (Å²) in [6.45, 7) is 6.36. The van der Waals surface area contributed by atoms with Gasteiger partial charge in [0.1, 0.15) is 5.75 Å². The molecular formula is C19H20N2O2. The average Bonchev–Trinajstić information content (AvgIpc) is 2.52. The highest BCUT2D eigenvalue weighted by Gasteiger charge is 2.13. The van der Waals surface area contributed by atoms with Crippen molar-refractivity contribution in [1.29, 1.82) is 5.26 Å². The van der Waals surface area contributed by atoms with Gasteiger partial charge in [0.25, 0.3) is 5.91 Å². The molecule has 2 rings (SSSR count). The van der Waals surface area contributed by atoms with E-state index in [0.29, 0.717) is 17.0 Å². The molecule has 4 heteroatoms. The first-order valence-corrected chi connectivity index (χ1v) is 7.42. The number of amides is 1. The summed E-state index contributed by atoms with van der Waals surface area (Å²) >= 11 is 0. The molecule has 0 atom stereocenters. The lowest BCUT2D eigenvalue weighted by atomic mass is 9.87. The first kappa shape index (κ1) is 16.6. The Morgan fingerprint density at radius 2 is 1.87 bits per heavy atom. The van der Waals surface area contributed by atoms with Crippen molar-refractivity contribution in [3.05, 3.63) is 59.7 Å². The maximum Gasteiger partial charge on any atom is 0.262 e. The second-order valence-corrected chi connectivity index (χ2v) is 6.30. The highest BCUT2D eigenvalue weighted by molar-refractivity contribution is 5.92. The van der Waals surface area contributed by atoms with Crippen LogP contribution in [-0.2, 0) is 10.2 Å². The molecule has 118 valence electrons. The summed E-state index contributed by atoms with van der Waals surface area (Å²) in [5.74, 6) is 0.388. The van der Waals surface area contributed by atoms with Gasteiger partial charge in [-0.1, -0.05) is 39.0 Å². The Hall–Kier alpha value is -2.80. The molecule has 0 aliphatic carbocycles. The Balaban J connectivity index is 1.90. The molecule has 0 aliphatic heterocycles. The number of nitriles is 1. The van der Waals surface area contributed by atoms with E-state index in [-0.39, 0.29) is 17.9 Å². The lowest BCUT2D eigenvalue weighted by Crippen LogP contribution is -2.20. The van der Waals surface area contributed by atoms with Crippen LogP contribution in [0.2, 0.25) is 0 Å². The van der Waals surface area contributed by atoms with Crippen LogP contribution in [0.1, 0.15) is 31.9 Å². The molecule has 2 aromatic rings. The van der Waals surface area contributed by atoms with Gasteiger partial charge in [0.2, 0.25) is 0 Å². The number of nitrogens with zero attached hydrogens (tertiary/aromatic N) is 1. The van der Waals surface area contributed by atoms with Gasteiger partial charge in [0, 0.05) is 5.69 Å². The topological polar surface area (TPSA) is 62.1 Å². The van der Waals surface area contributed by atoms with Crippen LogP contribution in [0.4, 0.5) is 5.69 Å². The molecule has 4 nitrogen and oxygen atoms in total. The summed E-state index contributed by atoms with van der Waals surface area (Å²) in [5.41, 5.74) is 2.38. The van der Waals surface area contributed by atoms with Crippen LogP contribution in [0.5, 0.6) is 5.75 Å². The molecule has 2 aromatic carbocycles. The van der Waals surface area contributed by atoms with Crippen LogP contribution in [0.25, 0.3) is 0 Å². The third-order valence-electron chi connectivity index (χ3n) is 3.37. The second kappa shape index (κ2) is 6.97. The average molecular weight is 308 g/mol. The standard InChI is InChI=1S/C19H20N2O2/c1-19(2,3)15-7-9-17(10-8-15)23-13-18(22)21-16-6-4-5-14(11-16)12-20/h4-11H,13H2,1-3H3,(H,21,22). The fraction of sp³-hybridized carbons (Fsp3) is 0.263. The Morgan fingerprint density at radius 1 is 1.17 bits per heavy atom. The van der Waals surface area contributed by atoms with Crippen LogP contribution in [0.3, 0.4) is 0 Å². The molecule has 0 heterocycles. The van der Waals surface area contributed by atoms with Crippen molar-refractivity contribution < 1.29 is 9.53 Å². The molecule has 0 radical (unpaired) electrons. The molecule has 0 spiro atoms. The molecule has 0 aliphatic rings. The minimum Gasteiger partial charge on any atom is -0.484 e. The number of hydrogen-bond donors (Lipinski definition) is 1. The molecule has 0 unspecified atom stereocenters. The Kier molecular flexibility index (Phi) is 5.02. The van der Waals surface area contributed by atoms with Gasteiger partial charge in [0.05, 0.1) is 11.6 Å². The zero-order valence-electron chi connectivity index (χ0n) is 13.6. The van der Waals surface area contributed by atoms with Crippen LogP contribution in [-0.4, -0.2) is 12.5 Å². The van der Waals surface area contributed by atoms with E-state index in [0.717, 1.165) is 0 Å². The SMILES string of the molecule is CC(C)(C)c1ccc(OCC(=O)Nc2cccc(C#N)c2)cc1. The van der Waals surface area contributed by atoms with E-state index in [1.54, 1.807) is 24.3 Å². The molecule has 0 saturated carbocycles. The maximum atomic E-state index is 11.9. The zero-order valence-corrected chi connectivity index (χ0v) is 13.6. The van der Waals surface area contributed by atoms with Crippen molar-refractivity contribution >= 4 is 11.6 Å².